The van der Waals surface area contributed by atoms with Crippen molar-refractivity contribution in [3.05, 3.63) is 39.4 Å². The summed E-state index contributed by atoms with van der Waals surface area (Å²) in [5.74, 6) is 0.951. The average Bonchev–Trinajstić information content (AvgIpc) is 3.02. The molecule has 152 valence electrons. The number of H-pyrrole nitrogens is 1. The Kier molecular flexibility index (Phi) is 5.95. The first-order chi connectivity index (χ1) is 13.1. The molecule has 1 aromatic heterocycles. The summed E-state index contributed by atoms with van der Waals surface area (Å²) in [5.41, 5.74) is -0.0549. The van der Waals surface area contributed by atoms with Gasteiger partial charge in [0.05, 0.1) is 17.4 Å². The van der Waals surface area contributed by atoms with Gasteiger partial charge in [0, 0.05) is 17.6 Å². The fraction of sp³-hybridized carbons (Fsp3) is 0.550. The van der Waals surface area contributed by atoms with Crippen LogP contribution in [-0.2, 0) is 11.3 Å². The maximum atomic E-state index is 12.3. The van der Waals surface area contributed by atoms with Crippen LogP contribution in [0.15, 0.2) is 23.0 Å². The van der Waals surface area contributed by atoms with Crippen LogP contribution in [0.25, 0.3) is 10.9 Å². The van der Waals surface area contributed by atoms with Gasteiger partial charge in [-0.1, -0.05) is 11.6 Å². The molecule has 1 aliphatic heterocycles. The molecular weight excluding hydrogens is 380 g/mol. The van der Waals surface area contributed by atoms with Gasteiger partial charge in [-0.25, -0.2) is 9.78 Å². The molecule has 2 atom stereocenters. The second-order valence-electron chi connectivity index (χ2n) is 8.39. The summed E-state index contributed by atoms with van der Waals surface area (Å²) in [6.07, 6.45) is 0.572. The summed E-state index contributed by atoms with van der Waals surface area (Å²) in [4.78, 5) is 33.9. The van der Waals surface area contributed by atoms with E-state index in [0.29, 0.717) is 34.2 Å². The lowest BCUT2D eigenvalue weighted by molar-refractivity contribution is 0.0492. The molecule has 1 aromatic carbocycles. The highest BCUT2D eigenvalue weighted by atomic mass is 35.5. The van der Waals surface area contributed by atoms with Crippen molar-refractivity contribution in [1.82, 2.24) is 20.2 Å². The Morgan fingerprint density at radius 1 is 1.46 bits per heavy atom. The van der Waals surface area contributed by atoms with Gasteiger partial charge < -0.3 is 15.0 Å². The number of halogens is 1. The number of rotatable bonds is 4. The van der Waals surface area contributed by atoms with Gasteiger partial charge in [-0.2, -0.15) is 0 Å². The summed E-state index contributed by atoms with van der Waals surface area (Å²) in [5, 5.41) is 3.93. The second kappa shape index (κ2) is 8.09. The maximum absolute atomic E-state index is 12.3. The van der Waals surface area contributed by atoms with Crippen molar-refractivity contribution in [2.24, 2.45) is 5.92 Å². The third kappa shape index (κ3) is 5.23. The second-order valence-corrected chi connectivity index (χ2v) is 8.83. The molecule has 7 nitrogen and oxygen atoms in total. The highest BCUT2D eigenvalue weighted by Crippen LogP contribution is 2.22. The van der Waals surface area contributed by atoms with E-state index in [2.05, 4.69) is 20.2 Å². The van der Waals surface area contributed by atoms with E-state index in [4.69, 9.17) is 16.3 Å². The number of carbonyl (C=O) groups is 1. The number of aromatic amines is 1. The molecule has 1 aliphatic rings. The molecule has 2 N–H and O–H groups in total. The zero-order valence-corrected chi connectivity index (χ0v) is 17.5. The fourth-order valence-electron chi connectivity index (χ4n) is 3.47. The Balaban J connectivity index is 1.60. The zero-order chi connectivity index (χ0) is 20.5. The molecule has 0 bridgehead atoms. The number of nitrogens with zero attached hydrogens (tertiary/aromatic N) is 2. The summed E-state index contributed by atoms with van der Waals surface area (Å²) < 4.78 is 5.33. The molecule has 0 aliphatic carbocycles. The molecule has 3 rings (SSSR count). The van der Waals surface area contributed by atoms with Crippen molar-refractivity contribution in [3.8, 4) is 0 Å². The zero-order valence-electron chi connectivity index (χ0n) is 16.7. The van der Waals surface area contributed by atoms with Gasteiger partial charge in [-0.3, -0.25) is 9.69 Å². The molecular formula is C20H27ClN4O3. The quantitative estimate of drug-likeness (QED) is 0.813. The lowest BCUT2D eigenvalue weighted by Crippen LogP contribution is -2.42. The van der Waals surface area contributed by atoms with Gasteiger partial charge in [-0.05, 0) is 64.8 Å². The topological polar surface area (TPSA) is 87.3 Å². The predicted molar refractivity (Wildman–Crippen MR) is 110 cm³/mol. The van der Waals surface area contributed by atoms with Gasteiger partial charge in [0.2, 0.25) is 0 Å². The Morgan fingerprint density at radius 2 is 2.21 bits per heavy atom. The molecule has 0 spiro atoms. The minimum atomic E-state index is -0.511. The summed E-state index contributed by atoms with van der Waals surface area (Å²) in [7, 11) is 0. The highest BCUT2D eigenvalue weighted by Gasteiger charge is 2.29. The number of nitrogens with one attached hydrogen (secondary N) is 2. The molecule has 1 amide bonds. The summed E-state index contributed by atoms with van der Waals surface area (Å²) >= 11 is 5.96. The van der Waals surface area contributed by atoms with Crippen LogP contribution in [0.2, 0.25) is 5.02 Å². The van der Waals surface area contributed by atoms with E-state index in [0.717, 1.165) is 19.5 Å². The Labute approximate surface area is 169 Å². The molecule has 28 heavy (non-hydrogen) atoms. The van der Waals surface area contributed by atoms with Crippen molar-refractivity contribution >= 4 is 28.6 Å². The lowest BCUT2D eigenvalue weighted by Gasteiger charge is -2.25. The van der Waals surface area contributed by atoms with E-state index in [1.165, 1.54) is 0 Å². The molecule has 0 saturated carbocycles. The number of carbonyl (C=O) groups excluding carboxylic acids is 1. The SMILES string of the molecule is C[C@@H](NC(=O)OC(C)(C)C)[C@H]1CCN(Cc2nc3ccc(Cl)cc3c(=O)[nH]2)C1. The first-order valence-corrected chi connectivity index (χ1v) is 9.89. The third-order valence-corrected chi connectivity index (χ3v) is 5.09. The van der Waals surface area contributed by atoms with Crippen molar-refractivity contribution < 1.29 is 9.53 Å². The molecule has 1 fully saturated rings. The van der Waals surface area contributed by atoms with Crippen molar-refractivity contribution in [2.75, 3.05) is 13.1 Å². The van der Waals surface area contributed by atoms with Gasteiger partial charge >= 0.3 is 6.09 Å². The van der Waals surface area contributed by atoms with Crippen LogP contribution in [0.1, 0.15) is 39.9 Å². The van der Waals surface area contributed by atoms with Gasteiger partial charge in [-0.15, -0.1) is 0 Å². The molecule has 1 saturated heterocycles. The van der Waals surface area contributed by atoms with Crippen LogP contribution in [-0.4, -0.2) is 45.7 Å². The minimum absolute atomic E-state index is 0.00519. The van der Waals surface area contributed by atoms with E-state index in [9.17, 15) is 9.59 Å². The largest absolute Gasteiger partial charge is 0.444 e. The predicted octanol–water partition coefficient (Wildman–Crippen LogP) is 3.31. The van der Waals surface area contributed by atoms with Gasteiger partial charge in [0.25, 0.3) is 5.56 Å². The van der Waals surface area contributed by atoms with E-state index >= 15 is 0 Å². The maximum Gasteiger partial charge on any atom is 0.407 e. The normalized spacial score (nSPS) is 19.0. The molecule has 2 aromatic rings. The van der Waals surface area contributed by atoms with E-state index in [-0.39, 0.29) is 11.6 Å². The van der Waals surface area contributed by atoms with E-state index in [1.54, 1.807) is 18.2 Å². The number of hydrogen-bond donors (Lipinski definition) is 2. The van der Waals surface area contributed by atoms with Crippen molar-refractivity contribution in [1.29, 1.82) is 0 Å². The third-order valence-electron chi connectivity index (χ3n) is 4.85. The fourth-order valence-corrected chi connectivity index (χ4v) is 3.64. The van der Waals surface area contributed by atoms with Crippen molar-refractivity contribution in [3.63, 3.8) is 0 Å². The number of alkyl carbamates (subject to hydrolysis) is 1. The number of benzene rings is 1. The highest BCUT2D eigenvalue weighted by molar-refractivity contribution is 6.31. The van der Waals surface area contributed by atoms with Crippen LogP contribution in [0.3, 0.4) is 0 Å². The number of hydrogen-bond acceptors (Lipinski definition) is 5. The van der Waals surface area contributed by atoms with Crippen LogP contribution in [0, 0.1) is 5.92 Å². The van der Waals surface area contributed by atoms with E-state index in [1.807, 2.05) is 27.7 Å². The Bertz CT molecular complexity index is 922. The van der Waals surface area contributed by atoms with Gasteiger partial charge in [0.1, 0.15) is 11.4 Å². The van der Waals surface area contributed by atoms with Crippen LogP contribution >= 0.6 is 11.6 Å². The first kappa shape index (κ1) is 20.6. The monoisotopic (exact) mass is 406 g/mol. The van der Waals surface area contributed by atoms with Crippen molar-refractivity contribution in [2.45, 2.75) is 52.3 Å². The van der Waals surface area contributed by atoms with Crippen LogP contribution < -0.4 is 10.9 Å². The molecule has 0 radical (unpaired) electrons. The molecule has 0 unspecified atom stereocenters. The number of aromatic nitrogens is 2. The van der Waals surface area contributed by atoms with E-state index < -0.39 is 11.7 Å². The average molecular weight is 407 g/mol. The number of likely N-dealkylation sites (tertiary alicyclic amines) is 1. The minimum Gasteiger partial charge on any atom is -0.444 e. The standard InChI is InChI=1S/C20H27ClN4O3/c1-12(22-19(27)28-20(2,3)4)13-7-8-25(10-13)11-17-23-16-6-5-14(21)9-15(16)18(26)24-17/h5-6,9,12-13H,7-8,10-11H2,1-4H3,(H,22,27)(H,23,24,26)/t12-,13+/m1/s1. The number of fused-ring (bicyclic) bond motifs is 1. The lowest BCUT2D eigenvalue weighted by atomic mass is 10.0. The number of amides is 1. The Hall–Kier alpha value is -2.12. The number of ether oxygens (including phenoxy) is 1. The summed E-state index contributed by atoms with van der Waals surface area (Å²) in [6.45, 7) is 9.80. The van der Waals surface area contributed by atoms with Crippen LogP contribution in [0.5, 0.6) is 0 Å². The van der Waals surface area contributed by atoms with Gasteiger partial charge in [0.15, 0.2) is 0 Å². The Morgan fingerprint density at radius 3 is 2.93 bits per heavy atom. The molecule has 2 heterocycles. The smallest absolute Gasteiger partial charge is 0.407 e. The first-order valence-electron chi connectivity index (χ1n) is 9.51. The van der Waals surface area contributed by atoms with Crippen LogP contribution in [0.4, 0.5) is 4.79 Å². The molecule has 8 heteroatoms. The summed E-state index contributed by atoms with van der Waals surface area (Å²) in [6, 6.07) is 5.12.